The number of carbonyl (C=O) groups excluding carboxylic acids is 4. The van der Waals surface area contributed by atoms with Gasteiger partial charge in [-0.2, -0.15) is 0 Å². The lowest BCUT2D eigenvalue weighted by Gasteiger charge is -2.26. The average molecular weight is 593 g/mol. The van der Waals surface area contributed by atoms with Crippen LogP contribution < -0.4 is 21.3 Å². The van der Waals surface area contributed by atoms with Crippen LogP contribution in [0.3, 0.4) is 0 Å². The van der Waals surface area contributed by atoms with E-state index in [1.807, 2.05) is 29.2 Å². The monoisotopic (exact) mass is 592 g/mol. The molecule has 0 radical (unpaired) electrons. The molecule has 0 unspecified atom stereocenters. The number of piperidine rings is 1. The van der Waals surface area contributed by atoms with E-state index in [2.05, 4.69) is 21.3 Å². The van der Waals surface area contributed by atoms with Crippen molar-refractivity contribution in [3.8, 4) is 0 Å². The molecule has 4 N–H and O–H groups in total. The number of hydrogen-bond donors (Lipinski definition) is 4. The summed E-state index contributed by atoms with van der Waals surface area (Å²) in [5.74, 6) is -0.738. The fourth-order valence-corrected chi connectivity index (χ4v) is 5.45. The number of nitro benzene ring substituents is 1. The summed E-state index contributed by atoms with van der Waals surface area (Å²) in [6.45, 7) is 1.41. The van der Waals surface area contributed by atoms with E-state index in [1.165, 1.54) is 18.2 Å². The lowest BCUT2D eigenvalue weighted by Crippen LogP contribution is -2.36. The molecule has 2 saturated heterocycles. The molecule has 222 valence electrons. The van der Waals surface area contributed by atoms with E-state index in [1.54, 1.807) is 30.3 Å². The van der Waals surface area contributed by atoms with Crippen LogP contribution in [0.5, 0.6) is 0 Å². The van der Waals surface area contributed by atoms with Crippen molar-refractivity contribution in [1.29, 1.82) is 0 Å². The summed E-state index contributed by atoms with van der Waals surface area (Å²) in [4.78, 5) is 61.7. The molecule has 0 bridgehead atoms. The maximum absolute atomic E-state index is 13.3. The van der Waals surface area contributed by atoms with Crippen molar-refractivity contribution in [3.05, 3.63) is 105 Å². The van der Waals surface area contributed by atoms with Crippen molar-refractivity contribution >= 4 is 58.2 Å². The molecule has 3 aromatic rings. The number of nitrogens with one attached hydrogen (secondary N) is 4. The first-order chi connectivity index (χ1) is 21.2. The van der Waals surface area contributed by atoms with E-state index in [9.17, 15) is 29.3 Å². The normalized spacial score (nSPS) is 18.1. The van der Waals surface area contributed by atoms with Gasteiger partial charge in [0.25, 0.3) is 17.5 Å². The quantitative estimate of drug-likeness (QED) is 0.131. The minimum absolute atomic E-state index is 0.129. The van der Waals surface area contributed by atoms with Crippen LogP contribution >= 0.6 is 0 Å². The van der Waals surface area contributed by atoms with Gasteiger partial charge in [-0.05, 0) is 60.2 Å². The van der Waals surface area contributed by atoms with Crippen LogP contribution in [-0.2, 0) is 20.8 Å². The third kappa shape index (κ3) is 5.91. The molecule has 0 aromatic heterocycles. The summed E-state index contributed by atoms with van der Waals surface area (Å²) in [6.07, 6.45) is 4.77. The SMILES string of the molecule is O=C1NC(=O)/C(=C\c2ccc(N/C(=C3\C(=O)Nc4ccc([N+](=O)[O-])cc43)c3ccc(CCN4CCCCC4=O)cc3)cc2)N1. The molecule has 0 spiro atoms. The Morgan fingerprint density at radius 1 is 0.909 bits per heavy atom. The van der Waals surface area contributed by atoms with Gasteiger partial charge in [0.15, 0.2) is 0 Å². The zero-order valence-electron chi connectivity index (χ0n) is 23.5. The third-order valence-corrected chi connectivity index (χ3v) is 7.75. The summed E-state index contributed by atoms with van der Waals surface area (Å²) in [5, 5.41) is 22.3. The number of non-ortho nitro benzene ring substituents is 1. The Labute approximate surface area is 252 Å². The number of urea groups is 1. The second kappa shape index (κ2) is 11.8. The van der Waals surface area contributed by atoms with Gasteiger partial charge in [-0.3, -0.25) is 29.8 Å². The molecule has 2 fully saturated rings. The number of nitro groups is 1. The van der Waals surface area contributed by atoms with E-state index in [4.69, 9.17) is 0 Å². The van der Waals surface area contributed by atoms with Crippen LogP contribution in [0.1, 0.15) is 41.5 Å². The van der Waals surface area contributed by atoms with Crippen molar-refractivity contribution in [2.45, 2.75) is 25.7 Å². The Morgan fingerprint density at radius 2 is 1.68 bits per heavy atom. The highest BCUT2D eigenvalue weighted by Gasteiger charge is 2.30. The highest BCUT2D eigenvalue weighted by atomic mass is 16.6. The van der Waals surface area contributed by atoms with E-state index in [-0.39, 0.29) is 22.9 Å². The number of carbonyl (C=O) groups is 4. The summed E-state index contributed by atoms with van der Waals surface area (Å²) in [6, 6.07) is 18.3. The Balaban J connectivity index is 1.32. The van der Waals surface area contributed by atoms with E-state index >= 15 is 0 Å². The number of nitrogens with zero attached hydrogens (tertiary/aromatic N) is 2. The van der Waals surface area contributed by atoms with Gasteiger partial charge < -0.3 is 20.9 Å². The number of imide groups is 1. The van der Waals surface area contributed by atoms with Crippen LogP contribution in [0.2, 0.25) is 0 Å². The minimum atomic E-state index is -0.586. The summed E-state index contributed by atoms with van der Waals surface area (Å²) >= 11 is 0. The number of likely N-dealkylation sites (tertiary alicyclic amines) is 1. The average Bonchev–Trinajstić information content (AvgIpc) is 3.52. The predicted molar refractivity (Wildman–Crippen MR) is 164 cm³/mol. The zero-order chi connectivity index (χ0) is 30.8. The molecule has 0 saturated carbocycles. The highest BCUT2D eigenvalue weighted by Crippen LogP contribution is 2.39. The standard InChI is InChI=1S/C32H28N6O6/c39-27-3-1-2-15-37(27)16-14-19-4-8-21(9-5-19)29(28-24-18-23(38(43)44)12-13-25(24)34-31(28)41)33-22-10-6-20(7-11-22)17-26-30(40)36-32(42)35-26/h4-13,17-18,33H,1-3,14-16H2,(H,34,41)(H2,35,36,40,42)/b26-17+,29-28-. The van der Waals surface area contributed by atoms with Gasteiger partial charge in [0.05, 0.1) is 16.2 Å². The van der Waals surface area contributed by atoms with Gasteiger partial charge in [0, 0.05) is 48.6 Å². The molecule has 0 atom stereocenters. The first-order valence-electron chi connectivity index (χ1n) is 14.2. The molecular formula is C32H28N6O6. The van der Waals surface area contributed by atoms with Gasteiger partial charge in [-0.1, -0.05) is 36.4 Å². The number of rotatable bonds is 8. The Bertz CT molecular complexity index is 1760. The molecule has 3 heterocycles. The smallest absolute Gasteiger partial charge is 0.326 e. The number of hydrogen-bond acceptors (Lipinski definition) is 7. The lowest BCUT2D eigenvalue weighted by atomic mass is 9.98. The molecule has 5 amide bonds. The third-order valence-electron chi connectivity index (χ3n) is 7.75. The highest BCUT2D eigenvalue weighted by molar-refractivity contribution is 6.37. The van der Waals surface area contributed by atoms with Crippen LogP contribution in [0, 0.1) is 10.1 Å². The van der Waals surface area contributed by atoms with Gasteiger partial charge >= 0.3 is 6.03 Å². The first-order valence-corrected chi connectivity index (χ1v) is 14.2. The summed E-state index contributed by atoms with van der Waals surface area (Å²) in [5.41, 5.74) is 4.57. The largest absolute Gasteiger partial charge is 0.354 e. The summed E-state index contributed by atoms with van der Waals surface area (Å²) in [7, 11) is 0. The van der Waals surface area contributed by atoms with Crippen molar-refractivity contribution in [2.75, 3.05) is 23.7 Å². The van der Waals surface area contributed by atoms with Gasteiger partial charge in [0.1, 0.15) is 5.70 Å². The second-order valence-corrected chi connectivity index (χ2v) is 10.7. The maximum atomic E-state index is 13.3. The molecular weight excluding hydrogens is 564 g/mol. The molecule has 0 aliphatic carbocycles. The number of fused-ring (bicyclic) bond motifs is 1. The minimum Gasteiger partial charge on any atom is -0.354 e. The van der Waals surface area contributed by atoms with Crippen molar-refractivity contribution < 1.29 is 24.1 Å². The zero-order valence-corrected chi connectivity index (χ0v) is 23.5. The number of amides is 5. The Morgan fingerprint density at radius 3 is 2.36 bits per heavy atom. The van der Waals surface area contributed by atoms with Gasteiger partial charge in [-0.15, -0.1) is 0 Å². The molecule has 3 aliphatic heterocycles. The maximum Gasteiger partial charge on any atom is 0.326 e. The molecule has 12 nitrogen and oxygen atoms in total. The van der Waals surface area contributed by atoms with Crippen molar-refractivity contribution in [1.82, 2.24) is 15.5 Å². The van der Waals surface area contributed by atoms with Gasteiger partial charge in [-0.25, -0.2) is 4.79 Å². The molecule has 6 rings (SSSR count). The molecule has 12 heteroatoms. The van der Waals surface area contributed by atoms with Crippen LogP contribution in [0.25, 0.3) is 17.3 Å². The predicted octanol–water partition coefficient (Wildman–Crippen LogP) is 4.26. The summed E-state index contributed by atoms with van der Waals surface area (Å²) < 4.78 is 0. The first kappa shape index (κ1) is 28.3. The van der Waals surface area contributed by atoms with Crippen molar-refractivity contribution in [2.24, 2.45) is 0 Å². The van der Waals surface area contributed by atoms with Crippen LogP contribution in [-0.4, -0.2) is 46.7 Å². The Hall–Kier alpha value is -5.78. The molecule has 3 aromatic carbocycles. The van der Waals surface area contributed by atoms with E-state index in [0.717, 1.165) is 24.9 Å². The van der Waals surface area contributed by atoms with E-state index in [0.29, 0.717) is 53.1 Å². The van der Waals surface area contributed by atoms with Crippen LogP contribution in [0.15, 0.2) is 72.4 Å². The second-order valence-electron chi connectivity index (χ2n) is 10.7. The van der Waals surface area contributed by atoms with Crippen LogP contribution in [0.4, 0.5) is 21.9 Å². The van der Waals surface area contributed by atoms with Crippen molar-refractivity contribution in [3.63, 3.8) is 0 Å². The number of benzene rings is 3. The van der Waals surface area contributed by atoms with Gasteiger partial charge in [0.2, 0.25) is 5.91 Å². The Kier molecular flexibility index (Phi) is 7.63. The fraction of sp³-hybridized carbons (Fsp3) is 0.188. The number of anilines is 2. The van der Waals surface area contributed by atoms with E-state index < -0.39 is 22.8 Å². The fourth-order valence-electron chi connectivity index (χ4n) is 5.45. The molecule has 3 aliphatic rings. The topological polar surface area (TPSA) is 163 Å². The lowest BCUT2D eigenvalue weighted by molar-refractivity contribution is -0.384. The molecule has 44 heavy (non-hydrogen) atoms.